The molecule has 4 aliphatic rings. The van der Waals surface area contributed by atoms with Gasteiger partial charge < -0.3 is 4.74 Å². The fraction of sp³-hybridized carbons (Fsp3) is 0.741. The number of carbonyl (C=O) groups excluding carboxylic acids is 3. The summed E-state index contributed by atoms with van der Waals surface area (Å²) in [5, 5.41) is 0. The average Bonchev–Trinajstić information content (AvgIpc) is 3.08. The fourth-order valence-electron chi connectivity index (χ4n) is 7.51. The van der Waals surface area contributed by atoms with Gasteiger partial charge in [0.15, 0.2) is 17.8 Å². The lowest BCUT2D eigenvalue weighted by molar-refractivity contribution is -0.141. The van der Waals surface area contributed by atoms with Gasteiger partial charge >= 0.3 is 5.97 Å². The molecule has 0 unspecified atom stereocenters. The van der Waals surface area contributed by atoms with Crippen molar-refractivity contribution < 1.29 is 19.1 Å². The Kier molecular flexibility index (Phi) is 6.04. The summed E-state index contributed by atoms with van der Waals surface area (Å²) in [5.74, 6) is 2.51. The van der Waals surface area contributed by atoms with Crippen molar-refractivity contribution in [1.82, 2.24) is 0 Å². The van der Waals surface area contributed by atoms with Gasteiger partial charge in [-0.1, -0.05) is 33.3 Å². The molecule has 5 atom stereocenters. The lowest BCUT2D eigenvalue weighted by Gasteiger charge is -2.57. The highest BCUT2D eigenvalue weighted by atomic mass is 16.5. The zero-order valence-corrected chi connectivity index (χ0v) is 19.7. The zero-order chi connectivity index (χ0) is 22.4. The highest BCUT2D eigenvalue weighted by Gasteiger charge is 2.58. The number of hydrogen-bond acceptors (Lipinski definition) is 4. The minimum atomic E-state index is -0.282. The minimum absolute atomic E-state index is 0.0577. The summed E-state index contributed by atoms with van der Waals surface area (Å²) >= 11 is 0. The first-order chi connectivity index (χ1) is 14.7. The monoisotopic (exact) mass is 426 g/mol. The van der Waals surface area contributed by atoms with Crippen molar-refractivity contribution in [3.05, 3.63) is 23.0 Å². The number of esters is 1. The van der Waals surface area contributed by atoms with Crippen LogP contribution in [-0.2, 0) is 19.1 Å². The number of carbonyl (C=O) groups is 3. The van der Waals surface area contributed by atoms with Crippen LogP contribution in [-0.4, -0.2) is 18.0 Å². The molecule has 0 aromatic carbocycles. The SMILES string of the molecule is CC(C)CCC(=O)OC(C=O)=C1CC[C@H]2[C@@H]3CCC4=CC(=O)CC[C@]4(C)[C@H]3CC[C@]12C. The van der Waals surface area contributed by atoms with E-state index in [1.807, 2.05) is 6.08 Å². The number of fused-ring (bicyclic) bond motifs is 5. The van der Waals surface area contributed by atoms with Crippen LogP contribution in [0.4, 0.5) is 0 Å². The maximum atomic E-state index is 12.3. The molecule has 0 N–H and O–H groups in total. The maximum Gasteiger partial charge on any atom is 0.311 e. The van der Waals surface area contributed by atoms with E-state index in [4.69, 9.17) is 4.74 Å². The van der Waals surface area contributed by atoms with Crippen LogP contribution >= 0.6 is 0 Å². The largest absolute Gasteiger partial charge is 0.423 e. The number of aldehydes is 1. The number of allylic oxidation sites excluding steroid dienone is 3. The Morgan fingerprint density at radius 1 is 1.10 bits per heavy atom. The van der Waals surface area contributed by atoms with E-state index in [-0.39, 0.29) is 16.8 Å². The quantitative estimate of drug-likeness (QED) is 0.236. The second-order valence-corrected chi connectivity index (χ2v) is 11.3. The van der Waals surface area contributed by atoms with Crippen LogP contribution in [0.1, 0.15) is 91.9 Å². The first-order valence-electron chi connectivity index (χ1n) is 12.3. The molecule has 0 bridgehead atoms. The van der Waals surface area contributed by atoms with Crippen LogP contribution < -0.4 is 0 Å². The summed E-state index contributed by atoms with van der Waals surface area (Å²) in [6.07, 6.45) is 11.8. The lowest BCUT2D eigenvalue weighted by atomic mass is 9.47. The van der Waals surface area contributed by atoms with Gasteiger partial charge in [-0.25, -0.2) is 0 Å². The van der Waals surface area contributed by atoms with Gasteiger partial charge in [-0.15, -0.1) is 0 Å². The molecule has 170 valence electrons. The molecule has 3 fully saturated rings. The molecule has 31 heavy (non-hydrogen) atoms. The van der Waals surface area contributed by atoms with Gasteiger partial charge in [-0.3, -0.25) is 14.4 Å². The third-order valence-corrected chi connectivity index (χ3v) is 9.30. The Bertz CT molecular complexity index is 834. The molecule has 0 heterocycles. The lowest BCUT2D eigenvalue weighted by Crippen LogP contribution is -2.49. The van der Waals surface area contributed by atoms with Crippen molar-refractivity contribution in [3.63, 3.8) is 0 Å². The molecule has 4 nitrogen and oxygen atoms in total. The Balaban J connectivity index is 1.57. The molecule has 4 aliphatic carbocycles. The van der Waals surface area contributed by atoms with Crippen LogP contribution in [0.15, 0.2) is 23.0 Å². The molecule has 0 saturated heterocycles. The Labute approximate surface area is 186 Å². The van der Waals surface area contributed by atoms with Gasteiger partial charge in [0.05, 0.1) is 0 Å². The summed E-state index contributed by atoms with van der Waals surface area (Å²) in [6, 6.07) is 0. The Morgan fingerprint density at radius 3 is 2.55 bits per heavy atom. The van der Waals surface area contributed by atoms with E-state index < -0.39 is 0 Å². The summed E-state index contributed by atoms with van der Waals surface area (Å²) in [4.78, 5) is 36.3. The second kappa shape index (κ2) is 8.33. The third kappa shape index (κ3) is 3.85. The van der Waals surface area contributed by atoms with Gasteiger partial charge in [0.25, 0.3) is 0 Å². The Hall–Kier alpha value is -1.71. The first-order valence-corrected chi connectivity index (χ1v) is 12.3. The van der Waals surface area contributed by atoms with Gasteiger partial charge in [-0.05, 0) is 97.5 Å². The normalized spacial score (nSPS) is 38.7. The molecule has 4 heteroatoms. The molecule has 0 aliphatic heterocycles. The van der Waals surface area contributed by atoms with E-state index in [0.717, 1.165) is 63.2 Å². The van der Waals surface area contributed by atoms with Crippen molar-refractivity contribution in [2.75, 3.05) is 0 Å². The molecular formula is C27H38O4. The predicted molar refractivity (Wildman–Crippen MR) is 120 cm³/mol. The minimum Gasteiger partial charge on any atom is -0.423 e. The summed E-state index contributed by atoms with van der Waals surface area (Å²) < 4.78 is 5.63. The molecule has 0 aromatic rings. The first kappa shape index (κ1) is 22.5. The highest BCUT2D eigenvalue weighted by Crippen LogP contribution is 2.66. The summed E-state index contributed by atoms with van der Waals surface area (Å²) in [6.45, 7) is 8.87. The van der Waals surface area contributed by atoms with Crippen molar-refractivity contribution in [2.45, 2.75) is 91.9 Å². The number of hydrogen-bond donors (Lipinski definition) is 0. The molecule has 0 radical (unpaired) electrons. The maximum absolute atomic E-state index is 12.3. The van der Waals surface area contributed by atoms with Crippen LogP contribution in [0.3, 0.4) is 0 Å². The third-order valence-electron chi connectivity index (χ3n) is 9.30. The summed E-state index contributed by atoms with van der Waals surface area (Å²) in [5.41, 5.74) is 2.56. The average molecular weight is 427 g/mol. The highest BCUT2D eigenvalue weighted by molar-refractivity contribution is 5.91. The van der Waals surface area contributed by atoms with E-state index in [9.17, 15) is 14.4 Å². The van der Waals surface area contributed by atoms with E-state index >= 15 is 0 Å². The van der Waals surface area contributed by atoms with Crippen LogP contribution in [0.2, 0.25) is 0 Å². The molecule has 4 rings (SSSR count). The van der Waals surface area contributed by atoms with E-state index in [1.165, 1.54) is 5.57 Å². The number of ketones is 1. The fourth-order valence-corrected chi connectivity index (χ4v) is 7.51. The van der Waals surface area contributed by atoms with Crippen LogP contribution in [0.5, 0.6) is 0 Å². The molecular weight excluding hydrogens is 388 g/mol. The topological polar surface area (TPSA) is 60.4 Å². The smallest absolute Gasteiger partial charge is 0.311 e. The van der Waals surface area contributed by atoms with Crippen molar-refractivity contribution in [2.24, 2.45) is 34.5 Å². The van der Waals surface area contributed by atoms with Gasteiger partial charge in [0.2, 0.25) is 0 Å². The van der Waals surface area contributed by atoms with Crippen molar-refractivity contribution in [3.8, 4) is 0 Å². The molecule has 0 amide bonds. The van der Waals surface area contributed by atoms with Crippen LogP contribution in [0, 0.1) is 34.5 Å². The summed E-state index contributed by atoms with van der Waals surface area (Å²) in [7, 11) is 0. The van der Waals surface area contributed by atoms with Gasteiger partial charge in [0.1, 0.15) is 0 Å². The van der Waals surface area contributed by atoms with Crippen molar-refractivity contribution in [1.29, 1.82) is 0 Å². The number of rotatable bonds is 5. The second-order valence-electron chi connectivity index (χ2n) is 11.3. The molecule has 0 aromatic heterocycles. The van der Waals surface area contributed by atoms with E-state index in [2.05, 4.69) is 27.7 Å². The van der Waals surface area contributed by atoms with Crippen LogP contribution in [0.25, 0.3) is 0 Å². The van der Waals surface area contributed by atoms with E-state index in [0.29, 0.717) is 48.1 Å². The molecule has 0 spiro atoms. The zero-order valence-electron chi connectivity index (χ0n) is 19.7. The number of ether oxygens (including phenoxy) is 1. The molecule has 3 saturated carbocycles. The van der Waals surface area contributed by atoms with Crippen molar-refractivity contribution >= 4 is 18.0 Å². The predicted octanol–water partition coefficient (Wildman–Crippen LogP) is 5.95. The van der Waals surface area contributed by atoms with Gasteiger partial charge in [-0.2, -0.15) is 0 Å². The van der Waals surface area contributed by atoms with Gasteiger partial charge in [0, 0.05) is 12.8 Å². The Morgan fingerprint density at radius 2 is 1.84 bits per heavy atom. The standard InChI is InChI=1S/C27H38O4/c1-17(2)5-10-25(30)31-24(16-28)23-9-8-21-20-7-6-18-15-19(29)11-13-26(18,3)22(20)12-14-27(21,23)4/h15-17,20-22H,5-14H2,1-4H3/t20-,21-,22-,26-,27-/m0/s1. The van der Waals surface area contributed by atoms with E-state index in [1.54, 1.807) is 0 Å².